The Bertz CT molecular complexity index is 801. The number of rotatable bonds is 8. The first-order chi connectivity index (χ1) is 15.0. The van der Waals surface area contributed by atoms with Gasteiger partial charge >= 0.3 is 6.18 Å². The van der Waals surface area contributed by atoms with Gasteiger partial charge < -0.3 is 19.8 Å². The third-order valence-electron chi connectivity index (χ3n) is 5.12. The average Bonchev–Trinajstić information content (AvgIpc) is 3.28. The van der Waals surface area contributed by atoms with Crippen LogP contribution in [-0.2, 0) is 17.3 Å². The number of benzene rings is 1. The molecule has 0 saturated carbocycles. The Kier molecular flexibility index (Phi) is 8.36. The van der Waals surface area contributed by atoms with E-state index in [-0.39, 0.29) is 6.04 Å². The molecule has 3 rings (SSSR count). The van der Waals surface area contributed by atoms with Crippen LogP contribution < -0.4 is 10.6 Å². The molecule has 1 aliphatic rings. The lowest BCUT2D eigenvalue weighted by Crippen LogP contribution is -2.42. The quantitative estimate of drug-likeness (QED) is 0.488. The second kappa shape index (κ2) is 11.2. The van der Waals surface area contributed by atoms with E-state index >= 15 is 0 Å². The Labute approximate surface area is 180 Å². The summed E-state index contributed by atoms with van der Waals surface area (Å²) in [4.78, 5) is 6.92. The van der Waals surface area contributed by atoms with Crippen molar-refractivity contribution in [1.82, 2.24) is 15.5 Å². The van der Waals surface area contributed by atoms with Crippen molar-refractivity contribution in [2.24, 2.45) is 4.99 Å². The molecular weight excluding hydrogens is 409 g/mol. The van der Waals surface area contributed by atoms with Crippen molar-refractivity contribution < 1.29 is 22.3 Å². The molecule has 1 aliphatic heterocycles. The maximum Gasteiger partial charge on any atom is 0.416 e. The van der Waals surface area contributed by atoms with Crippen molar-refractivity contribution in [3.63, 3.8) is 0 Å². The van der Waals surface area contributed by atoms with Crippen LogP contribution in [0.2, 0.25) is 0 Å². The number of guanidine groups is 1. The van der Waals surface area contributed by atoms with Crippen molar-refractivity contribution in [3.8, 4) is 0 Å². The minimum Gasteiger partial charge on any atom is -0.469 e. The van der Waals surface area contributed by atoms with E-state index in [1.165, 1.54) is 0 Å². The van der Waals surface area contributed by atoms with Gasteiger partial charge in [-0.3, -0.25) is 9.89 Å². The monoisotopic (exact) mass is 438 g/mol. The highest BCUT2D eigenvalue weighted by Gasteiger charge is 2.31. The van der Waals surface area contributed by atoms with E-state index in [1.54, 1.807) is 18.4 Å². The molecule has 170 valence electrons. The molecule has 1 aromatic carbocycles. The fourth-order valence-electron chi connectivity index (χ4n) is 3.49. The Morgan fingerprint density at radius 2 is 1.87 bits per heavy atom. The lowest BCUT2D eigenvalue weighted by molar-refractivity contribution is -0.137. The Hall–Kier alpha value is -2.52. The van der Waals surface area contributed by atoms with Gasteiger partial charge in [0.2, 0.25) is 0 Å². The molecule has 2 heterocycles. The number of alkyl halides is 3. The summed E-state index contributed by atoms with van der Waals surface area (Å²) in [5.74, 6) is 1.55. The van der Waals surface area contributed by atoms with Crippen LogP contribution in [0.1, 0.15) is 29.9 Å². The number of nitrogens with one attached hydrogen (secondary N) is 2. The van der Waals surface area contributed by atoms with Crippen LogP contribution in [0.25, 0.3) is 0 Å². The summed E-state index contributed by atoms with van der Waals surface area (Å²) >= 11 is 0. The van der Waals surface area contributed by atoms with Gasteiger partial charge in [-0.05, 0) is 36.8 Å². The zero-order valence-electron chi connectivity index (χ0n) is 17.6. The summed E-state index contributed by atoms with van der Waals surface area (Å²) in [7, 11) is 0. The second-order valence-electron chi connectivity index (χ2n) is 7.26. The Morgan fingerprint density at radius 1 is 1.13 bits per heavy atom. The molecule has 1 aromatic heterocycles. The van der Waals surface area contributed by atoms with Gasteiger partial charge in [0.05, 0.1) is 37.6 Å². The first kappa shape index (κ1) is 23.1. The number of furan rings is 1. The minimum absolute atomic E-state index is 0.133. The number of hydrogen-bond donors (Lipinski definition) is 2. The van der Waals surface area contributed by atoms with Crippen LogP contribution in [0.5, 0.6) is 0 Å². The van der Waals surface area contributed by atoms with Gasteiger partial charge in [0.15, 0.2) is 5.96 Å². The lowest BCUT2D eigenvalue weighted by Gasteiger charge is -2.34. The highest BCUT2D eigenvalue weighted by atomic mass is 19.4. The standard InChI is InChI=1S/C22H29F3N4O2/c1-2-26-21(27-10-9-19-4-3-13-31-19)28-16-20(29-11-14-30-15-12-29)17-5-7-18(8-6-17)22(23,24)25/h3-8,13,20H,2,9-12,14-16H2,1H3,(H2,26,27,28). The number of morpholine rings is 1. The molecule has 1 fully saturated rings. The van der Waals surface area contributed by atoms with Gasteiger partial charge in [-0.2, -0.15) is 13.2 Å². The molecule has 0 aliphatic carbocycles. The highest BCUT2D eigenvalue weighted by molar-refractivity contribution is 5.79. The van der Waals surface area contributed by atoms with Crippen LogP contribution in [0, 0.1) is 0 Å². The van der Waals surface area contributed by atoms with E-state index in [4.69, 9.17) is 14.1 Å². The van der Waals surface area contributed by atoms with Crippen molar-refractivity contribution in [2.75, 3.05) is 45.9 Å². The van der Waals surface area contributed by atoms with Gasteiger partial charge in [0.25, 0.3) is 0 Å². The van der Waals surface area contributed by atoms with E-state index in [2.05, 4.69) is 15.5 Å². The summed E-state index contributed by atoms with van der Waals surface area (Å²) in [6.07, 6.45) is -1.98. The number of hydrogen-bond acceptors (Lipinski definition) is 4. The molecule has 0 spiro atoms. The average molecular weight is 438 g/mol. The fourth-order valence-corrected chi connectivity index (χ4v) is 3.49. The highest BCUT2D eigenvalue weighted by Crippen LogP contribution is 2.31. The van der Waals surface area contributed by atoms with Crippen molar-refractivity contribution in [3.05, 3.63) is 59.5 Å². The summed E-state index contributed by atoms with van der Waals surface area (Å²) in [6, 6.07) is 9.02. The largest absolute Gasteiger partial charge is 0.469 e. The Balaban J connectivity index is 1.71. The minimum atomic E-state index is -4.35. The molecule has 0 amide bonds. The van der Waals surface area contributed by atoms with E-state index in [1.807, 2.05) is 19.1 Å². The molecular formula is C22H29F3N4O2. The first-order valence-electron chi connectivity index (χ1n) is 10.5. The number of ether oxygens (including phenoxy) is 1. The van der Waals surface area contributed by atoms with E-state index < -0.39 is 11.7 Å². The molecule has 9 heteroatoms. The fraction of sp³-hybridized carbons (Fsp3) is 0.500. The third kappa shape index (κ3) is 7.00. The van der Waals surface area contributed by atoms with Crippen molar-refractivity contribution in [1.29, 1.82) is 0 Å². The molecule has 31 heavy (non-hydrogen) atoms. The van der Waals surface area contributed by atoms with Crippen LogP contribution in [-0.4, -0.2) is 56.8 Å². The summed E-state index contributed by atoms with van der Waals surface area (Å²) in [5, 5.41) is 6.50. The van der Waals surface area contributed by atoms with Crippen LogP contribution >= 0.6 is 0 Å². The summed E-state index contributed by atoms with van der Waals surface area (Å²) in [5.41, 5.74) is 0.165. The number of nitrogens with zero attached hydrogens (tertiary/aromatic N) is 2. The lowest BCUT2D eigenvalue weighted by atomic mass is 10.0. The van der Waals surface area contributed by atoms with Crippen LogP contribution in [0.3, 0.4) is 0 Å². The number of aliphatic imine (C=N–C) groups is 1. The molecule has 2 N–H and O–H groups in total. The molecule has 1 atom stereocenters. The summed E-state index contributed by atoms with van der Waals surface area (Å²) < 4.78 is 49.7. The van der Waals surface area contributed by atoms with Crippen LogP contribution in [0.4, 0.5) is 13.2 Å². The SMILES string of the molecule is CCNC(=NCC(c1ccc(C(F)(F)F)cc1)N1CCOCC1)NCCc1ccco1. The molecule has 1 unspecified atom stereocenters. The smallest absolute Gasteiger partial charge is 0.416 e. The Morgan fingerprint density at radius 3 is 2.48 bits per heavy atom. The van der Waals surface area contributed by atoms with Gasteiger partial charge in [-0.15, -0.1) is 0 Å². The van der Waals surface area contributed by atoms with Gasteiger partial charge in [-0.25, -0.2) is 0 Å². The van der Waals surface area contributed by atoms with Crippen molar-refractivity contribution >= 4 is 5.96 Å². The summed E-state index contributed by atoms with van der Waals surface area (Å²) in [6.45, 7) is 6.38. The van der Waals surface area contributed by atoms with E-state index in [9.17, 15) is 13.2 Å². The van der Waals surface area contributed by atoms with E-state index in [0.717, 1.165) is 29.9 Å². The maximum atomic E-state index is 13.0. The van der Waals surface area contributed by atoms with Crippen molar-refractivity contribution in [2.45, 2.75) is 25.6 Å². The number of halogens is 3. The van der Waals surface area contributed by atoms with Gasteiger partial charge in [0.1, 0.15) is 5.76 Å². The zero-order chi connectivity index (χ0) is 22.1. The van der Waals surface area contributed by atoms with E-state index in [0.29, 0.717) is 51.9 Å². The maximum absolute atomic E-state index is 13.0. The second-order valence-corrected chi connectivity index (χ2v) is 7.26. The predicted molar refractivity (Wildman–Crippen MR) is 113 cm³/mol. The van der Waals surface area contributed by atoms with Gasteiger partial charge in [-0.1, -0.05) is 12.1 Å². The molecule has 1 saturated heterocycles. The molecule has 0 radical (unpaired) electrons. The zero-order valence-corrected chi connectivity index (χ0v) is 17.6. The van der Waals surface area contributed by atoms with Crippen LogP contribution in [0.15, 0.2) is 52.1 Å². The normalized spacial score (nSPS) is 16.8. The molecule has 6 nitrogen and oxygen atoms in total. The first-order valence-corrected chi connectivity index (χ1v) is 10.5. The van der Waals surface area contributed by atoms with Gasteiger partial charge in [0, 0.05) is 32.6 Å². The molecule has 2 aromatic rings. The topological polar surface area (TPSA) is 62.0 Å². The predicted octanol–water partition coefficient (Wildman–Crippen LogP) is 3.47. The molecule has 0 bridgehead atoms. The third-order valence-corrected chi connectivity index (χ3v) is 5.12.